The molecule has 1 aliphatic rings. The molecule has 1 rings (SSSR count). The minimum atomic E-state index is 1.17. The summed E-state index contributed by atoms with van der Waals surface area (Å²) in [6.45, 7) is 0. The van der Waals surface area contributed by atoms with E-state index in [4.69, 9.17) is 0 Å². The Kier molecular flexibility index (Phi) is 6.58. The lowest BCUT2D eigenvalue weighted by Crippen LogP contribution is -1.75. The van der Waals surface area contributed by atoms with Gasteiger partial charge in [0, 0.05) is 0 Å². The number of allylic oxidation sites excluding steroid dienone is 4. The van der Waals surface area contributed by atoms with Crippen LogP contribution in [-0.2, 0) is 0 Å². The van der Waals surface area contributed by atoms with E-state index in [0.29, 0.717) is 0 Å². The molecule has 1 radical (unpaired) electrons. The minimum Gasteiger partial charge on any atom is -0.0885 e. The Balaban J connectivity index is 2.18. The highest BCUT2D eigenvalue weighted by Crippen LogP contribution is 2.08. The molecule has 0 unspecified atom stereocenters. The Labute approximate surface area is 82.7 Å². The van der Waals surface area contributed by atoms with Crippen molar-refractivity contribution in [2.24, 2.45) is 0 Å². The maximum absolute atomic E-state index is 2.39. The lowest BCUT2D eigenvalue weighted by atomic mass is 10.1. The third kappa shape index (κ3) is 6.62. The van der Waals surface area contributed by atoms with Crippen LogP contribution >= 0.6 is 0 Å². The molecule has 0 nitrogen and oxygen atoms in total. The van der Waals surface area contributed by atoms with Gasteiger partial charge in [-0.3, -0.25) is 0 Å². The number of hydrogen-bond donors (Lipinski definition) is 0. The quantitative estimate of drug-likeness (QED) is 0.480. The third-order valence-electron chi connectivity index (χ3n) is 2.41. The van der Waals surface area contributed by atoms with Gasteiger partial charge in [-0.15, -0.1) is 0 Å². The fourth-order valence-electron chi connectivity index (χ4n) is 1.57. The number of hydrogen-bond acceptors (Lipinski definition) is 0. The molecule has 0 heterocycles. The first-order chi connectivity index (χ1) is 6.50. The molecule has 0 aromatic carbocycles. The third-order valence-corrected chi connectivity index (χ3v) is 2.41. The molecule has 0 aliphatic heterocycles. The summed E-state index contributed by atoms with van der Waals surface area (Å²) in [5, 5.41) is 0. The van der Waals surface area contributed by atoms with E-state index in [0.717, 1.165) is 0 Å². The zero-order valence-corrected chi connectivity index (χ0v) is 8.54. The van der Waals surface area contributed by atoms with Crippen LogP contribution in [-0.4, -0.2) is 0 Å². The first-order valence-corrected chi connectivity index (χ1v) is 5.62. The van der Waals surface area contributed by atoms with Gasteiger partial charge in [-0.1, -0.05) is 24.3 Å². The van der Waals surface area contributed by atoms with Crippen LogP contribution in [0.3, 0.4) is 0 Å². The molecule has 0 spiro atoms. The van der Waals surface area contributed by atoms with Gasteiger partial charge in [0.2, 0.25) is 0 Å². The molecule has 1 aliphatic carbocycles. The Bertz CT molecular complexity index is 135. The highest BCUT2D eigenvalue weighted by molar-refractivity contribution is 4.89. The van der Waals surface area contributed by atoms with Crippen LogP contribution in [0.4, 0.5) is 0 Å². The molecule has 0 saturated heterocycles. The van der Waals surface area contributed by atoms with Crippen molar-refractivity contribution in [3.8, 4) is 0 Å². The van der Waals surface area contributed by atoms with Gasteiger partial charge in [0.15, 0.2) is 0 Å². The monoisotopic (exact) mass is 177 g/mol. The van der Waals surface area contributed by atoms with Crippen molar-refractivity contribution >= 4 is 0 Å². The predicted octanol–water partition coefficient (Wildman–Crippen LogP) is 4.44. The van der Waals surface area contributed by atoms with Crippen LogP contribution in [0.5, 0.6) is 0 Å². The van der Waals surface area contributed by atoms with Gasteiger partial charge in [0.05, 0.1) is 0 Å². The fraction of sp³-hybridized carbons (Fsp3) is 0.615. The summed E-state index contributed by atoms with van der Waals surface area (Å²) < 4.78 is 0. The van der Waals surface area contributed by atoms with E-state index in [-0.39, 0.29) is 0 Å². The van der Waals surface area contributed by atoms with Crippen LogP contribution in [0.1, 0.15) is 51.4 Å². The smallest absolute Gasteiger partial charge is 0.0319 e. The fourth-order valence-corrected chi connectivity index (χ4v) is 1.57. The van der Waals surface area contributed by atoms with Crippen LogP contribution in [0.25, 0.3) is 0 Å². The first kappa shape index (κ1) is 10.6. The van der Waals surface area contributed by atoms with Crippen molar-refractivity contribution in [3.63, 3.8) is 0 Å². The van der Waals surface area contributed by atoms with Crippen molar-refractivity contribution in [2.75, 3.05) is 0 Å². The second kappa shape index (κ2) is 8.10. The molecule has 13 heavy (non-hydrogen) atoms. The second-order valence-corrected chi connectivity index (χ2v) is 3.68. The first-order valence-electron chi connectivity index (χ1n) is 5.62. The SMILES string of the molecule is [CH]1C/C=C\CCCC/C=C/CCC1. The Morgan fingerprint density at radius 2 is 1.15 bits per heavy atom. The normalized spacial score (nSPS) is 26.5. The predicted molar refractivity (Wildman–Crippen MR) is 59.5 cm³/mol. The molecule has 0 saturated carbocycles. The van der Waals surface area contributed by atoms with Crippen molar-refractivity contribution in [1.29, 1.82) is 0 Å². The summed E-state index contributed by atoms with van der Waals surface area (Å²) in [4.78, 5) is 0. The topological polar surface area (TPSA) is 0 Å². The number of rotatable bonds is 0. The van der Waals surface area contributed by atoms with Crippen LogP contribution < -0.4 is 0 Å². The van der Waals surface area contributed by atoms with Crippen LogP contribution in [0.15, 0.2) is 24.3 Å². The summed E-state index contributed by atoms with van der Waals surface area (Å²) >= 11 is 0. The molecule has 0 heteroatoms. The largest absolute Gasteiger partial charge is 0.0885 e. The maximum atomic E-state index is 2.39. The van der Waals surface area contributed by atoms with Crippen molar-refractivity contribution < 1.29 is 0 Å². The highest BCUT2D eigenvalue weighted by atomic mass is 13.9. The van der Waals surface area contributed by atoms with Gasteiger partial charge < -0.3 is 0 Å². The van der Waals surface area contributed by atoms with Gasteiger partial charge in [-0.25, -0.2) is 0 Å². The van der Waals surface area contributed by atoms with Gasteiger partial charge in [0.1, 0.15) is 0 Å². The molecule has 0 aromatic rings. The van der Waals surface area contributed by atoms with E-state index in [1.54, 1.807) is 0 Å². The molecule has 0 aromatic heterocycles. The summed E-state index contributed by atoms with van der Waals surface area (Å²) in [6, 6.07) is 0. The summed E-state index contributed by atoms with van der Waals surface area (Å²) in [5.74, 6) is 0. The van der Waals surface area contributed by atoms with E-state index in [1.807, 2.05) is 0 Å². The van der Waals surface area contributed by atoms with Crippen molar-refractivity contribution in [1.82, 2.24) is 0 Å². The zero-order valence-electron chi connectivity index (χ0n) is 8.54. The summed E-state index contributed by atoms with van der Waals surface area (Å²) in [6.07, 6.45) is 22.0. The van der Waals surface area contributed by atoms with E-state index in [1.165, 1.54) is 51.4 Å². The molecular weight excluding hydrogens is 156 g/mol. The van der Waals surface area contributed by atoms with Gasteiger partial charge in [-0.2, -0.15) is 0 Å². The molecule has 0 bridgehead atoms. The molecule has 0 fully saturated rings. The molecule has 73 valence electrons. The average Bonchev–Trinajstić information content (AvgIpc) is 2.18. The second-order valence-electron chi connectivity index (χ2n) is 3.68. The lowest BCUT2D eigenvalue weighted by molar-refractivity contribution is 0.759. The van der Waals surface area contributed by atoms with Gasteiger partial charge >= 0.3 is 0 Å². The standard InChI is InChI=1S/C13H21/c1-2-4-6-8-10-12-13-11-9-7-5-3-1/h1-2,5,12-13H,3-4,6-11H2/b2-1-,13-12+. The lowest BCUT2D eigenvalue weighted by Gasteiger charge is -1.93. The highest BCUT2D eigenvalue weighted by Gasteiger charge is 1.88. The van der Waals surface area contributed by atoms with Gasteiger partial charge in [-0.05, 0) is 57.8 Å². The summed E-state index contributed by atoms with van der Waals surface area (Å²) in [5.41, 5.74) is 0. The molecular formula is C13H21. The maximum Gasteiger partial charge on any atom is -0.0319 e. The van der Waals surface area contributed by atoms with E-state index in [2.05, 4.69) is 30.7 Å². The summed E-state index contributed by atoms with van der Waals surface area (Å²) in [7, 11) is 0. The molecule has 0 N–H and O–H groups in total. The van der Waals surface area contributed by atoms with Gasteiger partial charge in [0.25, 0.3) is 0 Å². The van der Waals surface area contributed by atoms with E-state index >= 15 is 0 Å². The Hall–Kier alpha value is -0.520. The van der Waals surface area contributed by atoms with E-state index < -0.39 is 0 Å². The van der Waals surface area contributed by atoms with Crippen LogP contribution in [0, 0.1) is 6.42 Å². The Morgan fingerprint density at radius 1 is 0.538 bits per heavy atom. The van der Waals surface area contributed by atoms with Crippen molar-refractivity contribution in [3.05, 3.63) is 30.7 Å². The molecule has 0 atom stereocenters. The van der Waals surface area contributed by atoms with Crippen molar-refractivity contribution in [2.45, 2.75) is 51.4 Å². The minimum absolute atomic E-state index is 1.17. The Morgan fingerprint density at radius 3 is 1.92 bits per heavy atom. The van der Waals surface area contributed by atoms with E-state index in [9.17, 15) is 0 Å². The average molecular weight is 177 g/mol. The molecule has 0 amide bonds. The zero-order chi connectivity index (χ0) is 9.19. The van der Waals surface area contributed by atoms with Crippen LogP contribution in [0.2, 0.25) is 0 Å².